The molecule has 1 aromatic rings. The minimum Gasteiger partial charge on any atom is -0.460 e. The van der Waals surface area contributed by atoms with Gasteiger partial charge in [0.15, 0.2) is 5.69 Å². The molecular weight excluding hydrogens is 482 g/mol. The minimum absolute atomic E-state index is 0.210. The summed E-state index contributed by atoms with van der Waals surface area (Å²) in [4.78, 5) is 52.3. The highest BCUT2D eigenvalue weighted by molar-refractivity contribution is 5.94. The number of rotatable bonds is 9. The van der Waals surface area contributed by atoms with Gasteiger partial charge in [0, 0.05) is 26.6 Å². The Morgan fingerprint density at radius 3 is 2.57 bits per heavy atom. The fourth-order valence-electron chi connectivity index (χ4n) is 5.98. The van der Waals surface area contributed by atoms with Crippen molar-refractivity contribution in [2.75, 3.05) is 19.6 Å². The summed E-state index contributed by atoms with van der Waals surface area (Å²) >= 11 is 0. The van der Waals surface area contributed by atoms with E-state index in [1.165, 1.54) is 31.6 Å². The highest BCUT2D eigenvalue weighted by Crippen LogP contribution is 2.42. The van der Waals surface area contributed by atoms with Crippen LogP contribution in [-0.4, -0.2) is 97.1 Å². The quantitative estimate of drug-likeness (QED) is 0.357. The smallest absolute Gasteiger partial charge is 0.302 e. The van der Waals surface area contributed by atoms with E-state index >= 15 is 0 Å². The van der Waals surface area contributed by atoms with Crippen LogP contribution >= 0.6 is 0 Å². The van der Waals surface area contributed by atoms with Gasteiger partial charge in [-0.15, -0.1) is 5.10 Å². The first-order chi connectivity index (χ1) is 17.5. The lowest BCUT2D eigenvalue weighted by molar-refractivity contribution is -0.187. The van der Waals surface area contributed by atoms with Crippen LogP contribution in [0, 0.1) is 12.8 Å². The number of hydrogen-bond acceptors (Lipinski definition) is 9. The van der Waals surface area contributed by atoms with Gasteiger partial charge in [-0.3, -0.25) is 24.1 Å². The highest BCUT2D eigenvalue weighted by atomic mass is 16.5. The van der Waals surface area contributed by atoms with E-state index in [1.807, 2.05) is 11.6 Å². The zero-order chi connectivity index (χ0) is 26.9. The van der Waals surface area contributed by atoms with Crippen molar-refractivity contribution in [3.05, 3.63) is 11.4 Å². The first-order valence-electron chi connectivity index (χ1n) is 12.9. The molecule has 0 radical (unpaired) electrons. The number of nitrogens with one attached hydrogen (secondary N) is 1. The van der Waals surface area contributed by atoms with Crippen molar-refractivity contribution in [1.82, 2.24) is 30.1 Å². The van der Waals surface area contributed by atoms with E-state index in [4.69, 9.17) is 10.5 Å². The lowest BCUT2D eigenvalue weighted by Gasteiger charge is -2.56. The van der Waals surface area contributed by atoms with Crippen molar-refractivity contribution in [3.63, 3.8) is 0 Å². The van der Waals surface area contributed by atoms with Crippen molar-refractivity contribution >= 4 is 23.7 Å². The summed E-state index contributed by atoms with van der Waals surface area (Å²) in [7, 11) is 0. The van der Waals surface area contributed by atoms with Gasteiger partial charge in [-0.1, -0.05) is 18.1 Å². The standard InChI is InChI=1S/C24H37N7O6/c1-14-19(27-28-31(14)11-17-7-4-5-8-17)22(35)30-10-6-9-24(30)13-29(23(24)36)12-18(33)26-20(21(25)34)15(2)37-16(3)32/h15,17,20,23,36H,4-13H2,1-3H3,(H2,25,34)(H,26,33)/t15-,20+,23?,24?/m1/s1. The number of esters is 1. The lowest BCUT2D eigenvalue weighted by Crippen LogP contribution is -2.76. The van der Waals surface area contributed by atoms with E-state index in [1.54, 1.807) is 4.90 Å². The molecule has 3 aliphatic rings. The van der Waals surface area contributed by atoms with Crippen molar-refractivity contribution in [2.45, 2.75) is 89.8 Å². The van der Waals surface area contributed by atoms with E-state index in [0.29, 0.717) is 31.1 Å². The van der Waals surface area contributed by atoms with Gasteiger partial charge in [0.25, 0.3) is 5.91 Å². The maximum absolute atomic E-state index is 13.5. The number of nitrogens with two attached hydrogens (primary N) is 1. The summed E-state index contributed by atoms with van der Waals surface area (Å²) in [6.45, 7) is 5.82. The van der Waals surface area contributed by atoms with E-state index in [0.717, 1.165) is 31.5 Å². The minimum atomic E-state index is -1.21. The monoisotopic (exact) mass is 519 g/mol. The topological polar surface area (TPSA) is 173 Å². The average molecular weight is 520 g/mol. The third kappa shape index (κ3) is 5.33. The van der Waals surface area contributed by atoms with E-state index < -0.39 is 41.7 Å². The summed E-state index contributed by atoms with van der Waals surface area (Å²) in [5.41, 5.74) is 5.57. The SMILES string of the molecule is CC(=O)O[C@H](C)[C@H](NC(=O)CN1CC2(CCCN2C(=O)c2nnn(CC3CCCC3)c2C)C1O)C(N)=O. The van der Waals surface area contributed by atoms with Crippen LogP contribution in [0.5, 0.6) is 0 Å². The first kappa shape index (κ1) is 27.0. The van der Waals surface area contributed by atoms with E-state index in [9.17, 15) is 24.3 Å². The molecule has 13 nitrogen and oxygen atoms in total. The van der Waals surface area contributed by atoms with Crippen LogP contribution in [0.15, 0.2) is 0 Å². The van der Waals surface area contributed by atoms with E-state index in [2.05, 4.69) is 15.6 Å². The molecule has 2 unspecified atom stereocenters. The summed E-state index contributed by atoms with van der Waals surface area (Å²) in [6, 6.07) is -1.21. The number of nitrogens with zero attached hydrogens (tertiary/aromatic N) is 5. The molecule has 13 heteroatoms. The molecule has 4 rings (SSSR count). The molecule has 1 aromatic heterocycles. The Labute approximate surface area is 215 Å². The Kier molecular flexibility index (Phi) is 7.83. The third-order valence-electron chi connectivity index (χ3n) is 7.96. The second-order valence-electron chi connectivity index (χ2n) is 10.6. The Balaban J connectivity index is 1.38. The Morgan fingerprint density at radius 2 is 1.95 bits per heavy atom. The van der Waals surface area contributed by atoms with Gasteiger partial charge in [-0.05, 0) is 45.4 Å². The zero-order valence-electron chi connectivity index (χ0n) is 21.7. The Morgan fingerprint density at radius 1 is 1.24 bits per heavy atom. The Bertz CT molecular complexity index is 1050. The number of likely N-dealkylation sites (tertiary alicyclic amines) is 2. The maximum atomic E-state index is 13.5. The maximum Gasteiger partial charge on any atom is 0.302 e. The molecule has 1 aliphatic carbocycles. The van der Waals surface area contributed by atoms with Crippen LogP contribution in [0.2, 0.25) is 0 Å². The number of carbonyl (C=O) groups excluding carboxylic acids is 4. The predicted octanol–water partition coefficient (Wildman–Crippen LogP) is -0.693. The normalized spacial score (nSPS) is 25.6. The molecule has 37 heavy (non-hydrogen) atoms. The van der Waals surface area contributed by atoms with E-state index in [-0.39, 0.29) is 12.5 Å². The van der Waals surface area contributed by atoms with Crippen LogP contribution in [0.3, 0.4) is 0 Å². The summed E-state index contributed by atoms with van der Waals surface area (Å²) < 4.78 is 6.78. The molecule has 1 saturated carbocycles. The lowest BCUT2D eigenvalue weighted by atomic mass is 9.84. The van der Waals surface area contributed by atoms with Gasteiger partial charge in [0.1, 0.15) is 18.4 Å². The molecule has 204 valence electrons. The fraction of sp³-hybridized carbons (Fsp3) is 0.750. The van der Waals surface area contributed by atoms with Crippen LogP contribution in [0.1, 0.15) is 68.6 Å². The number of hydrogen-bond donors (Lipinski definition) is 3. The zero-order valence-corrected chi connectivity index (χ0v) is 21.7. The molecule has 4 N–H and O–H groups in total. The number of aromatic nitrogens is 3. The second kappa shape index (κ2) is 10.7. The van der Waals surface area contributed by atoms with Crippen molar-refractivity contribution < 1.29 is 29.0 Å². The first-order valence-corrected chi connectivity index (χ1v) is 12.9. The average Bonchev–Trinajstić information content (AvgIpc) is 3.58. The summed E-state index contributed by atoms with van der Waals surface area (Å²) in [6.07, 6.45) is 4.09. The van der Waals surface area contributed by atoms with Crippen molar-refractivity contribution in [2.24, 2.45) is 11.7 Å². The van der Waals surface area contributed by atoms with Gasteiger partial charge in [-0.25, -0.2) is 4.68 Å². The van der Waals surface area contributed by atoms with Crippen LogP contribution in [0.25, 0.3) is 0 Å². The molecular formula is C24H37N7O6. The molecule has 2 aliphatic heterocycles. The van der Waals surface area contributed by atoms with Crippen molar-refractivity contribution in [3.8, 4) is 0 Å². The number of primary amides is 1. The van der Waals surface area contributed by atoms with Gasteiger partial charge in [-0.2, -0.15) is 0 Å². The van der Waals surface area contributed by atoms with Gasteiger partial charge in [0.2, 0.25) is 11.8 Å². The molecule has 3 heterocycles. The van der Waals surface area contributed by atoms with Gasteiger partial charge < -0.3 is 25.8 Å². The van der Waals surface area contributed by atoms with Crippen LogP contribution in [0.4, 0.5) is 0 Å². The molecule has 0 aromatic carbocycles. The van der Waals surface area contributed by atoms with Crippen LogP contribution < -0.4 is 11.1 Å². The second-order valence-corrected chi connectivity index (χ2v) is 10.6. The number of amides is 3. The summed E-state index contributed by atoms with van der Waals surface area (Å²) in [5, 5.41) is 22.0. The molecule has 3 amide bonds. The molecule has 3 fully saturated rings. The third-order valence-corrected chi connectivity index (χ3v) is 7.96. The number of ether oxygens (including phenoxy) is 1. The Hall–Kier alpha value is -3.06. The highest BCUT2D eigenvalue weighted by Gasteiger charge is 2.59. The molecule has 1 spiro atoms. The molecule has 4 atom stereocenters. The van der Waals surface area contributed by atoms with Gasteiger partial charge >= 0.3 is 5.97 Å². The largest absolute Gasteiger partial charge is 0.460 e. The molecule has 0 bridgehead atoms. The number of aliphatic hydroxyl groups excluding tert-OH is 1. The van der Waals surface area contributed by atoms with Gasteiger partial charge in [0.05, 0.1) is 17.8 Å². The number of aliphatic hydroxyl groups is 1. The molecule has 2 saturated heterocycles. The number of carbonyl (C=O) groups is 4. The predicted molar refractivity (Wildman–Crippen MR) is 130 cm³/mol. The fourth-order valence-corrected chi connectivity index (χ4v) is 5.98. The van der Waals surface area contributed by atoms with Crippen molar-refractivity contribution in [1.29, 1.82) is 0 Å². The summed E-state index contributed by atoms with van der Waals surface area (Å²) in [5.74, 6) is -1.71. The van der Waals surface area contributed by atoms with Crippen LogP contribution in [-0.2, 0) is 25.7 Å².